The van der Waals surface area contributed by atoms with Crippen molar-refractivity contribution in [2.45, 2.75) is 0 Å². The van der Waals surface area contributed by atoms with E-state index in [9.17, 15) is 10.1 Å². The van der Waals surface area contributed by atoms with Gasteiger partial charge in [0.05, 0.1) is 10.6 Å². The number of nitro benzene ring substituents is 1. The minimum Gasteiger partial charge on any atom is -0.388 e. The highest BCUT2D eigenvalue weighted by atomic mass is 16.6. The number of hydrazone groups is 1. The number of anilines is 1. The predicted octanol–water partition coefficient (Wildman–Crippen LogP) is 0.177. The van der Waals surface area contributed by atoms with E-state index in [-0.39, 0.29) is 5.69 Å². The molecule has 0 aromatic heterocycles. The number of hydrogen-bond acceptors (Lipinski definition) is 5. The average Bonchev–Trinajstić information content (AvgIpc) is 2.18. The van der Waals surface area contributed by atoms with Gasteiger partial charge < -0.3 is 5.73 Å². The highest BCUT2D eigenvalue weighted by Gasteiger charge is 2.05. The molecule has 1 rings (SSSR count). The van der Waals surface area contributed by atoms with Gasteiger partial charge in [-0.2, -0.15) is 5.12 Å². The fourth-order valence-electron chi connectivity index (χ4n) is 0.866. The van der Waals surface area contributed by atoms with Crippen LogP contribution in [0.4, 0.5) is 11.4 Å². The second kappa shape index (κ2) is 4.19. The van der Waals surface area contributed by atoms with Crippen LogP contribution in [0, 0.1) is 10.1 Å². The fraction of sp³-hybridized carbons (Fsp3) is 0. The van der Waals surface area contributed by atoms with Gasteiger partial charge >= 0.3 is 0 Å². The molecule has 0 aliphatic rings. The Morgan fingerprint density at radius 2 is 2.00 bits per heavy atom. The number of hydrazine groups is 1. The maximum absolute atomic E-state index is 10.3. The standard InChI is InChI=1S/C7H9N5O2/c8-5-10-11(9)6-1-3-7(4-2-6)12(13)14/h1-5H,9H2,(H2,8,10). The zero-order chi connectivity index (χ0) is 10.6. The van der Waals surface area contributed by atoms with Crippen LogP contribution < -0.4 is 16.7 Å². The molecular formula is C7H9N5O2. The van der Waals surface area contributed by atoms with Crippen LogP contribution in [0.15, 0.2) is 29.4 Å². The summed E-state index contributed by atoms with van der Waals surface area (Å²) in [6.07, 6.45) is 1.03. The minimum absolute atomic E-state index is 0.00104. The zero-order valence-electron chi connectivity index (χ0n) is 7.20. The number of nitro groups is 1. The van der Waals surface area contributed by atoms with E-state index in [2.05, 4.69) is 5.10 Å². The smallest absolute Gasteiger partial charge is 0.269 e. The Labute approximate surface area is 79.7 Å². The summed E-state index contributed by atoms with van der Waals surface area (Å²) in [5.41, 5.74) is 5.53. The second-order valence-electron chi connectivity index (χ2n) is 2.38. The first-order valence-electron chi connectivity index (χ1n) is 3.68. The quantitative estimate of drug-likeness (QED) is 0.235. The topological polar surface area (TPSA) is 111 Å². The summed E-state index contributed by atoms with van der Waals surface area (Å²) in [6, 6.07) is 5.62. The van der Waals surface area contributed by atoms with Crippen LogP contribution >= 0.6 is 0 Å². The summed E-state index contributed by atoms with van der Waals surface area (Å²) in [7, 11) is 0. The van der Waals surface area contributed by atoms with Gasteiger partial charge in [0.1, 0.15) is 6.34 Å². The lowest BCUT2D eigenvalue weighted by Gasteiger charge is -2.10. The summed E-state index contributed by atoms with van der Waals surface area (Å²) < 4.78 is 0. The van der Waals surface area contributed by atoms with E-state index in [0.717, 1.165) is 11.5 Å². The molecule has 0 amide bonds. The first-order valence-corrected chi connectivity index (χ1v) is 3.68. The normalized spacial score (nSPS) is 10.4. The highest BCUT2D eigenvalue weighted by Crippen LogP contribution is 2.17. The molecule has 7 heteroatoms. The van der Waals surface area contributed by atoms with E-state index in [1.165, 1.54) is 24.3 Å². The number of nitrogens with zero attached hydrogens (tertiary/aromatic N) is 3. The van der Waals surface area contributed by atoms with Crippen LogP contribution in [0.25, 0.3) is 0 Å². The largest absolute Gasteiger partial charge is 0.388 e. The van der Waals surface area contributed by atoms with Crippen molar-refractivity contribution in [2.75, 3.05) is 5.12 Å². The number of benzene rings is 1. The monoisotopic (exact) mass is 195 g/mol. The molecule has 0 heterocycles. The van der Waals surface area contributed by atoms with Gasteiger partial charge in [0.25, 0.3) is 5.69 Å². The minimum atomic E-state index is -0.489. The highest BCUT2D eigenvalue weighted by molar-refractivity contribution is 5.56. The third kappa shape index (κ3) is 2.17. The van der Waals surface area contributed by atoms with Gasteiger partial charge in [0.15, 0.2) is 0 Å². The van der Waals surface area contributed by atoms with E-state index in [0.29, 0.717) is 5.69 Å². The van der Waals surface area contributed by atoms with Crippen LogP contribution in [-0.4, -0.2) is 11.3 Å². The summed E-state index contributed by atoms with van der Waals surface area (Å²) >= 11 is 0. The van der Waals surface area contributed by atoms with Gasteiger partial charge in [0.2, 0.25) is 0 Å². The third-order valence-electron chi connectivity index (χ3n) is 1.52. The molecule has 0 radical (unpaired) electrons. The van der Waals surface area contributed by atoms with Crippen molar-refractivity contribution in [1.29, 1.82) is 0 Å². The van der Waals surface area contributed by atoms with Gasteiger partial charge in [-0.1, -0.05) is 0 Å². The number of non-ortho nitro benzene ring substituents is 1. The Kier molecular flexibility index (Phi) is 2.97. The molecule has 0 saturated heterocycles. The van der Waals surface area contributed by atoms with Crippen LogP contribution in [0.2, 0.25) is 0 Å². The molecule has 0 spiro atoms. The van der Waals surface area contributed by atoms with Crippen LogP contribution in [0.3, 0.4) is 0 Å². The van der Waals surface area contributed by atoms with E-state index >= 15 is 0 Å². The molecule has 0 saturated carbocycles. The van der Waals surface area contributed by atoms with Crippen molar-refractivity contribution in [3.63, 3.8) is 0 Å². The molecule has 1 aromatic carbocycles. The van der Waals surface area contributed by atoms with E-state index in [1.54, 1.807) is 0 Å². The molecule has 1 aromatic rings. The third-order valence-corrected chi connectivity index (χ3v) is 1.52. The van der Waals surface area contributed by atoms with E-state index < -0.39 is 4.92 Å². The maximum Gasteiger partial charge on any atom is 0.269 e. The second-order valence-corrected chi connectivity index (χ2v) is 2.38. The Morgan fingerprint density at radius 3 is 2.43 bits per heavy atom. The zero-order valence-corrected chi connectivity index (χ0v) is 7.20. The Morgan fingerprint density at radius 1 is 1.43 bits per heavy atom. The number of nitrogens with two attached hydrogens (primary N) is 2. The van der Waals surface area contributed by atoms with Gasteiger partial charge in [0, 0.05) is 12.1 Å². The van der Waals surface area contributed by atoms with Crippen molar-refractivity contribution in [1.82, 2.24) is 0 Å². The lowest BCUT2D eigenvalue weighted by atomic mass is 10.3. The summed E-state index contributed by atoms with van der Waals surface area (Å²) in [5, 5.41) is 14.9. The van der Waals surface area contributed by atoms with Crippen LogP contribution in [0.5, 0.6) is 0 Å². The van der Waals surface area contributed by atoms with Crippen molar-refractivity contribution < 1.29 is 4.92 Å². The van der Waals surface area contributed by atoms with E-state index in [1.807, 2.05) is 0 Å². The fourth-order valence-corrected chi connectivity index (χ4v) is 0.866. The van der Waals surface area contributed by atoms with Gasteiger partial charge in [-0.05, 0) is 12.1 Å². The molecular weight excluding hydrogens is 186 g/mol. The lowest BCUT2D eigenvalue weighted by Crippen LogP contribution is -2.25. The van der Waals surface area contributed by atoms with Gasteiger partial charge in [-0.3, -0.25) is 10.1 Å². The molecule has 74 valence electrons. The lowest BCUT2D eigenvalue weighted by molar-refractivity contribution is -0.384. The molecule has 4 N–H and O–H groups in total. The SMILES string of the molecule is N/C=N\N(N)c1ccc([N+](=O)[O-])cc1. The van der Waals surface area contributed by atoms with Crippen LogP contribution in [0.1, 0.15) is 0 Å². The van der Waals surface area contributed by atoms with Crippen molar-refractivity contribution in [3.8, 4) is 0 Å². The molecule has 0 aliphatic carbocycles. The molecule has 0 aliphatic heterocycles. The van der Waals surface area contributed by atoms with Crippen molar-refractivity contribution in [2.24, 2.45) is 16.7 Å². The van der Waals surface area contributed by atoms with Gasteiger partial charge in [-0.25, -0.2) is 5.84 Å². The maximum atomic E-state index is 10.3. The van der Waals surface area contributed by atoms with Crippen molar-refractivity contribution >= 4 is 17.7 Å². The Hall–Kier alpha value is -2.15. The van der Waals surface area contributed by atoms with Crippen molar-refractivity contribution in [3.05, 3.63) is 34.4 Å². The predicted molar refractivity (Wildman–Crippen MR) is 52.4 cm³/mol. The van der Waals surface area contributed by atoms with E-state index in [4.69, 9.17) is 11.6 Å². The van der Waals surface area contributed by atoms with Crippen LogP contribution in [-0.2, 0) is 0 Å². The molecule has 0 fully saturated rings. The number of hydrogen-bond donors (Lipinski definition) is 2. The molecule has 7 nitrogen and oxygen atoms in total. The summed E-state index contributed by atoms with van der Waals surface area (Å²) in [6.45, 7) is 0. The van der Waals surface area contributed by atoms with Gasteiger partial charge in [-0.15, -0.1) is 5.10 Å². The Balaban J connectivity index is 2.88. The summed E-state index contributed by atoms with van der Waals surface area (Å²) in [5.74, 6) is 5.42. The molecule has 14 heavy (non-hydrogen) atoms. The first-order chi connectivity index (χ1) is 6.65. The average molecular weight is 195 g/mol. The summed E-state index contributed by atoms with van der Waals surface area (Å²) in [4.78, 5) is 9.83. The first kappa shape index (κ1) is 9.93. The Bertz CT molecular complexity index is 348. The number of rotatable bonds is 3. The molecule has 0 unspecified atom stereocenters. The molecule has 0 bridgehead atoms. The molecule has 0 atom stereocenters.